The summed E-state index contributed by atoms with van der Waals surface area (Å²) in [5.74, 6) is -3.34. The van der Waals surface area contributed by atoms with Crippen LogP contribution in [0.1, 0.15) is 71.8 Å². The Labute approximate surface area is 252 Å². The topological polar surface area (TPSA) is 124 Å². The standard InChI is InChI=1S/C27H35ClN2O4S.C2HF3O2/c1-5-30(13-6-7-24(32)34-27(2,3)4)14-12-21-23(17-30)35-22(25(21)26(29)33)16-20(31)15-18-8-10-19(28)11-9-18;3-2(4,5)1(6)7/h8-11H,5-7,12-17H2,1-4H3,(H-,29,33);(H,6,7)/p+1. The van der Waals surface area contributed by atoms with Gasteiger partial charge in [-0.15, -0.1) is 11.3 Å². The van der Waals surface area contributed by atoms with Gasteiger partial charge in [0.2, 0.25) is 5.91 Å². The van der Waals surface area contributed by atoms with Gasteiger partial charge < -0.3 is 20.1 Å². The molecule has 0 bridgehead atoms. The highest BCUT2D eigenvalue weighted by molar-refractivity contribution is 7.12. The predicted molar refractivity (Wildman–Crippen MR) is 153 cm³/mol. The lowest BCUT2D eigenvalue weighted by Crippen LogP contribution is -2.51. The number of amides is 1. The van der Waals surface area contributed by atoms with Crippen LogP contribution < -0.4 is 5.73 Å². The smallest absolute Gasteiger partial charge is 0.475 e. The first-order chi connectivity index (χ1) is 19.4. The quantitative estimate of drug-likeness (QED) is 0.263. The monoisotopic (exact) mass is 633 g/mol. The van der Waals surface area contributed by atoms with Gasteiger partial charge in [0.15, 0.2) is 0 Å². The molecule has 0 aliphatic carbocycles. The van der Waals surface area contributed by atoms with Crippen molar-refractivity contribution in [1.82, 2.24) is 0 Å². The van der Waals surface area contributed by atoms with Gasteiger partial charge in [0.05, 0.1) is 36.5 Å². The van der Waals surface area contributed by atoms with Crippen molar-refractivity contribution in [3.63, 3.8) is 0 Å². The normalized spacial score (nSPS) is 16.6. The van der Waals surface area contributed by atoms with Crippen molar-refractivity contribution in [2.75, 3.05) is 19.6 Å². The molecule has 232 valence electrons. The van der Waals surface area contributed by atoms with Gasteiger partial charge in [0, 0.05) is 35.6 Å². The summed E-state index contributed by atoms with van der Waals surface area (Å²) in [5.41, 5.74) is 7.74. The average molecular weight is 634 g/mol. The lowest BCUT2D eigenvalue weighted by molar-refractivity contribution is -0.941. The first-order valence-electron chi connectivity index (χ1n) is 13.4. The number of alkyl halides is 3. The third-order valence-corrected chi connectivity index (χ3v) is 8.21. The summed E-state index contributed by atoms with van der Waals surface area (Å²) in [7, 11) is 0. The zero-order valence-corrected chi connectivity index (χ0v) is 25.7. The molecule has 1 atom stereocenters. The lowest BCUT2D eigenvalue weighted by atomic mass is 9.97. The number of nitrogens with two attached hydrogens (primary N) is 1. The lowest BCUT2D eigenvalue weighted by Gasteiger charge is -2.40. The number of rotatable bonds is 10. The van der Waals surface area contributed by atoms with Gasteiger partial charge in [-0.3, -0.25) is 14.4 Å². The summed E-state index contributed by atoms with van der Waals surface area (Å²) in [6.45, 7) is 11.3. The van der Waals surface area contributed by atoms with Crippen LogP contribution in [0.15, 0.2) is 24.3 Å². The summed E-state index contributed by atoms with van der Waals surface area (Å²) in [5, 5.41) is 7.76. The van der Waals surface area contributed by atoms with Crippen molar-refractivity contribution >= 4 is 46.6 Å². The first-order valence-corrected chi connectivity index (χ1v) is 14.6. The molecule has 0 saturated heterocycles. The Hall–Kier alpha value is -2.96. The number of carbonyl (C=O) groups excluding carboxylic acids is 3. The van der Waals surface area contributed by atoms with Crippen LogP contribution in [0.4, 0.5) is 13.2 Å². The Morgan fingerprint density at radius 3 is 2.19 bits per heavy atom. The Morgan fingerprint density at radius 2 is 1.69 bits per heavy atom. The zero-order valence-electron chi connectivity index (χ0n) is 24.1. The number of carboxylic acids is 1. The van der Waals surface area contributed by atoms with E-state index in [4.69, 9.17) is 32.0 Å². The molecule has 0 radical (unpaired) electrons. The number of benzene rings is 1. The fourth-order valence-electron chi connectivity index (χ4n) is 4.75. The number of nitrogens with zero attached hydrogens (tertiary/aromatic N) is 1. The molecule has 1 aromatic carbocycles. The number of likely N-dealkylation sites (N-methyl/N-ethyl adjacent to an activating group) is 1. The van der Waals surface area contributed by atoms with Crippen molar-refractivity contribution in [1.29, 1.82) is 0 Å². The number of thiophene rings is 1. The van der Waals surface area contributed by atoms with Crippen molar-refractivity contribution in [2.24, 2.45) is 5.73 Å². The molecule has 2 heterocycles. The number of Topliss-reactive ketones (excluding diaryl/α,β-unsaturated/α-hetero) is 1. The minimum Gasteiger partial charge on any atom is -0.475 e. The van der Waals surface area contributed by atoms with Crippen molar-refractivity contribution < 1.29 is 46.7 Å². The van der Waals surface area contributed by atoms with Crippen LogP contribution in [0.5, 0.6) is 0 Å². The largest absolute Gasteiger partial charge is 0.490 e. The summed E-state index contributed by atoms with van der Waals surface area (Å²) < 4.78 is 38.0. The fourth-order valence-corrected chi connectivity index (χ4v) is 6.39. The number of aliphatic carboxylic acids is 1. The molecule has 2 aromatic rings. The molecule has 13 heteroatoms. The second kappa shape index (κ2) is 14.5. The number of halogens is 4. The molecule has 1 aliphatic rings. The van der Waals surface area contributed by atoms with Crippen molar-refractivity contribution in [2.45, 2.75) is 78.1 Å². The summed E-state index contributed by atoms with van der Waals surface area (Å²) in [4.78, 5) is 48.1. The third-order valence-electron chi connectivity index (χ3n) is 6.74. The molecule has 0 spiro atoms. The van der Waals surface area contributed by atoms with Crippen LogP contribution in [0, 0.1) is 0 Å². The Morgan fingerprint density at radius 1 is 1.10 bits per heavy atom. The average Bonchev–Trinajstić information content (AvgIpc) is 3.20. The molecule has 8 nitrogen and oxygen atoms in total. The van der Waals surface area contributed by atoms with E-state index in [9.17, 15) is 27.6 Å². The van der Waals surface area contributed by atoms with Gasteiger partial charge >= 0.3 is 18.1 Å². The van der Waals surface area contributed by atoms with Crippen LogP contribution in [0.3, 0.4) is 0 Å². The highest BCUT2D eigenvalue weighted by Gasteiger charge is 2.38. The summed E-state index contributed by atoms with van der Waals surface area (Å²) >= 11 is 7.49. The number of carbonyl (C=O) groups is 4. The molecule has 42 heavy (non-hydrogen) atoms. The second-order valence-electron chi connectivity index (χ2n) is 11.2. The minimum absolute atomic E-state index is 0.0435. The Bertz CT molecular complexity index is 1290. The number of ether oxygens (including phenoxy) is 1. The molecule has 0 saturated carbocycles. The van der Waals surface area contributed by atoms with E-state index in [0.717, 1.165) is 64.4 Å². The van der Waals surface area contributed by atoms with E-state index < -0.39 is 23.7 Å². The number of hydrogen-bond acceptors (Lipinski definition) is 6. The maximum absolute atomic E-state index is 12.8. The van der Waals surface area contributed by atoms with E-state index in [1.165, 1.54) is 0 Å². The fraction of sp³-hybridized carbons (Fsp3) is 0.517. The summed E-state index contributed by atoms with van der Waals surface area (Å²) in [6, 6.07) is 7.24. The predicted octanol–water partition coefficient (Wildman–Crippen LogP) is 5.50. The minimum atomic E-state index is -5.08. The molecule has 1 aliphatic heterocycles. The van der Waals surface area contributed by atoms with Gasteiger partial charge in [0.25, 0.3) is 0 Å². The molecular formula is C29H37ClF3N2O6S+. The van der Waals surface area contributed by atoms with Crippen molar-refractivity contribution in [3.8, 4) is 0 Å². The van der Waals surface area contributed by atoms with E-state index in [-0.39, 0.29) is 24.6 Å². The van der Waals surface area contributed by atoms with Crippen LogP contribution >= 0.6 is 22.9 Å². The molecular weight excluding hydrogens is 597 g/mol. The number of quaternary nitrogens is 1. The third kappa shape index (κ3) is 10.7. The molecule has 3 rings (SSSR count). The maximum atomic E-state index is 12.8. The Balaban J connectivity index is 0.000000782. The SMILES string of the molecule is CC[N+]1(CCCC(=O)OC(C)(C)C)CCc2c(sc(CC(=O)Cc3ccc(Cl)cc3)c2C(N)=O)C1.O=C(O)C(F)(F)F. The molecule has 1 unspecified atom stereocenters. The number of hydrogen-bond donors (Lipinski definition) is 2. The highest BCUT2D eigenvalue weighted by Crippen LogP contribution is 2.36. The van der Waals surface area contributed by atoms with E-state index in [0.29, 0.717) is 17.0 Å². The van der Waals surface area contributed by atoms with E-state index in [1.807, 2.05) is 32.9 Å². The van der Waals surface area contributed by atoms with Crippen LogP contribution in [0.25, 0.3) is 0 Å². The van der Waals surface area contributed by atoms with Crippen molar-refractivity contribution in [3.05, 3.63) is 55.7 Å². The number of carboxylic acid groups (broad SMARTS) is 1. The molecule has 3 N–H and O–H groups in total. The number of fused-ring (bicyclic) bond motifs is 1. The Kier molecular flexibility index (Phi) is 12.1. The molecule has 0 fully saturated rings. The molecule has 1 aromatic heterocycles. The van der Waals surface area contributed by atoms with Gasteiger partial charge in [-0.2, -0.15) is 13.2 Å². The zero-order chi connectivity index (χ0) is 31.9. The van der Waals surface area contributed by atoms with Crippen LogP contribution in [-0.2, 0) is 44.9 Å². The van der Waals surface area contributed by atoms with Gasteiger partial charge in [0.1, 0.15) is 17.9 Å². The number of primary amides is 1. The van der Waals surface area contributed by atoms with E-state index >= 15 is 0 Å². The van der Waals surface area contributed by atoms with Gasteiger partial charge in [-0.25, -0.2) is 4.79 Å². The number of esters is 1. The van der Waals surface area contributed by atoms with Crippen LogP contribution in [-0.4, -0.2) is 64.6 Å². The van der Waals surface area contributed by atoms with E-state index in [1.54, 1.807) is 23.5 Å². The van der Waals surface area contributed by atoms with Crippen LogP contribution in [0.2, 0.25) is 5.02 Å². The first kappa shape index (κ1) is 35.2. The van der Waals surface area contributed by atoms with Gasteiger partial charge in [-0.05, 0) is 51.0 Å². The van der Waals surface area contributed by atoms with Gasteiger partial charge in [-0.1, -0.05) is 23.7 Å². The second-order valence-corrected chi connectivity index (χ2v) is 12.8. The summed E-state index contributed by atoms with van der Waals surface area (Å²) in [6.07, 6.45) is -2.71. The number of ketones is 1. The molecule has 1 amide bonds. The highest BCUT2D eigenvalue weighted by atomic mass is 35.5. The maximum Gasteiger partial charge on any atom is 0.490 e. The van der Waals surface area contributed by atoms with E-state index in [2.05, 4.69) is 6.92 Å².